The van der Waals surface area contributed by atoms with Crippen molar-refractivity contribution in [2.24, 2.45) is 0 Å². The first kappa shape index (κ1) is 21.7. The molecule has 0 bridgehead atoms. The summed E-state index contributed by atoms with van der Waals surface area (Å²) in [6.07, 6.45) is 0. The van der Waals surface area contributed by atoms with Crippen molar-refractivity contribution in [1.29, 1.82) is 0 Å². The summed E-state index contributed by atoms with van der Waals surface area (Å²) in [6, 6.07) is 13.4. The fourth-order valence-electron chi connectivity index (χ4n) is 3.03. The molecular formula is C20H23FN4O4S. The molecule has 1 aliphatic heterocycles. The molecule has 3 rings (SSSR count). The fraction of sp³-hybridized carbons (Fsp3) is 0.300. The third-order valence-corrected chi connectivity index (χ3v) is 6.65. The predicted octanol–water partition coefficient (Wildman–Crippen LogP) is 1.16. The fourth-order valence-corrected chi connectivity index (χ4v) is 4.48. The van der Waals surface area contributed by atoms with Crippen LogP contribution in [0.2, 0.25) is 0 Å². The lowest BCUT2D eigenvalue weighted by atomic mass is 10.2. The van der Waals surface area contributed by atoms with Crippen LogP contribution in [0.1, 0.15) is 5.56 Å². The lowest BCUT2D eigenvalue weighted by Gasteiger charge is -2.34. The first-order chi connectivity index (χ1) is 14.4. The molecule has 1 fully saturated rings. The van der Waals surface area contributed by atoms with Crippen LogP contribution in [0.25, 0.3) is 0 Å². The van der Waals surface area contributed by atoms with Crippen molar-refractivity contribution in [1.82, 2.24) is 19.8 Å². The Morgan fingerprint density at radius 2 is 1.53 bits per heavy atom. The highest BCUT2D eigenvalue weighted by Crippen LogP contribution is 2.17. The van der Waals surface area contributed by atoms with E-state index < -0.39 is 16.1 Å². The summed E-state index contributed by atoms with van der Waals surface area (Å²) in [4.78, 5) is 25.9. The first-order valence-electron chi connectivity index (χ1n) is 9.45. The Balaban J connectivity index is 1.42. The molecule has 160 valence electrons. The van der Waals surface area contributed by atoms with Gasteiger partial charge in [-0.3, -0.25) is 4.79 Å². The molecule has 0 spiro atoms. The molecule has 0 unspecified atom stereocenters. The van der Waals surface area contributed by atoms with Crippen LogP contribution in [-0.4, -0.2) is 62.3 Å². The second kappa shape index (κ2) is 9.68. The Morgan fingerprint density at radius 3 is 2.17 bits per heavy atom. The van der Waals surface area contributed by atoms with Crippen LogP contribution in [0.5, 0.6) is 0 Å². The highest BCUT2D eigenvalue weighted by Gasteiger charge is 2.29. The molecule has 1 saturated heterocycles. The second-order valence-electron chi connectivity index (χ2n) is 6.76. The molecule has 2 N–H and O–H groups in total. The molecule has 0 aromatic heterocycles. The minimum Gasteiger partial charge on any atom is -0.339 e. The Bertz CT molecular complexity index is 976. The van der Waals surface area contributed by atoms with Crippen LogP contribution in [0.4, 0.5) is 9.18 Å². The number of amides is 3. The number of sulfonamides is 1. The van der Waals surface area contributed by atoms with Crippen molar-refractivity contribution >= 4 is 22.0 Å². The zero-order valence-electron chi connectivity index (χ0n) is 16.3. The van der Waals surface area contributed by atoms with Crippen molar-refractivity contribution in [2.45, 2.75) is 11.4 Å². The smallest absolute Gasteiger partial charge is 0.315 e. The van der Waals surface area contributed by atoms with E-state index in [2.05, 4.69) is 10.6 Å². The van der Waals surface area contributed by atoms with Crippen molar-refractivity contribution in [3.63, 3.8) is 0 Å². The van der Waals surface area contributed by atoms with E-state index in [1.807, 2.05) is 0 Å². The number of piperazine rings is 1. The summed E-state index contributed by atoms with van der Waals surface area (Å²) in [6.45, 7) is 0.907. The van der Waals surface area contributed by atoms with Crippen LogP contribution in [0.3, 0.4) is 0 Å². The molecule has 2 aromatic carbocycles. The van der Waals surface area contributed by atoms with E-state index in [4.69, 9.17) is 0 Å². The van der Waals surface area contributed by atoms with Crippen LogP contribution in [-0.2, 0) is 21.4 Å². The Labute approximate surface area is 174 Å². The summed E-state index contributed by atoms with van der Waals surface area (Å²) in [5, 5.41) is 5.07. The normalized spacial score (nSPS) is 14.9. The highest BCUT2D eigenvalue weighted by atomic mass is 32.2. The van der Waals surface area contributed by atoms with E-state index in [0.717, 1.165) is 5.56 Å². The monoisotopic (exact) mass is 434 g/mol. The number of benzene rings is 2. The standard InChI is InChI=1S/C20H23FN4O4S/c21-17-8-6-16(7-9-17)14-22-20(27)23-15-19(26)24-10-12-25(13-11-24)30(28,29)18-4-2-1-3-5-18/h1-9H,10-15H2,(H2,22,23,27). The van der Waals surface area contributed by atoms with Crippen molar-refractivity contribution in [3.8, 4) is 0 Å². The number of urea groups is 1. The van der Waals surface area contributed by atoms with Gasteiger partial charge in [-0.15, -0.1) is 0 Å². The summed E-state index contributed by atoms with van der Waals surface area (Å²) >= 11 is 0. The molecule has 10 heteroatoms. The average molecular weight is 434 g/mol. The summed E-state index contributed by atoms with van der Waals surface area (Å²) < 4.78 is 39.5. The van der Waals surface area contributed by atoms with Gasteiger partial charge in [0.2, 0.25) is 15.9 Å². The molecule has 8 nitrogen and oxygen atoms in total. The van der Waals surface area contributed by atoms with Crippen molar-refractivity contribution < 1.29 is 22.4 Å². The maximum atomic E-state index is 12.9. The molecule has 0 saturated carbocycles. The molecule has 0 radical (unpaired) electrons. The number of halogens is 1. The lowest BCUT2D eigenvalue weighted by molar-refractivity contribution is -0.131. The maximum Gasteiger partial charge on any atom is 0.315 e. The van der Waals surface area contributed by atoms with Gasteiger partial charge in [0.1, 0.15) is 5.82 Å². The summed E-state index contributed by atoms with van der Waals surface area (Å²) in [5.74, 6) is -0.644. The molecule has 0 atom stereocenters. The van der Waals surface area contributed by atoms with Gasteiger partial charge in [-0.25, -0.2) is 17.6 Å². The lowest BCUT2D eigenvalue weighted by Crippen LogP contribution is -2.53. The molecular weight excluding hydrogens is 411 g/mol. The minimum absolute atomic E-state index is 0.194. The zero-order valence-corrected chi connectivity index (χ0v) is 17.1. The van der Waals surface area contributed by atoms with E-state index >= 15 is 0 Å². The largest absolute Gasteiger partial charge is 0.339 e. The number of nitrogens with one attached hydrogen (secondary N) is 2. The Hall–Kier alpha value is -2.98. The quantitative estimate of drug-likeness (QED) is 0.713. The summed E-state index contributed by atoms with van der Waals surface area (Å²) in [5.41, 5.74) is 0.730. The predicted molar refractivity (Wildman–Crippen MR) is 108 cm³/mol. The number of hydrogen-bond acceptors (Lipinski definition) is 4. The summed E-state index contributed by atoms with van der Waals surface area (Å²) in [7, 11) is -3.58. The third kappa shape index (κ3) is 5.55. The van der Waals surface area contributed by atoms with E-state index in [1.54, 1.807) is 42.5 Å². The molecule has 1 aliphatic rings. The molecule has 30 heavy (non-hydrogen) atoms. The SMILES string of the molecule is O=C(NCC(=O)N1CCN(S(=O)(=O)c2ccccc2)CC1)NCc1ccc(F)cc1. The van der Waals surface area contributed by atoms with E-state index in [1.165, 1.54) is 21.3 Å². The van der Waals surface area contributed by atoms with E-state index in [9.17, 15) is 22.4 Å². The van der Waals surface area contributed by atoms with Crippen molar-refractivity contribution in [2.75, 3.05) is 32.7 Å². The highest BCUT2D eigenvalue weighted by molar-refractivity contribution is 7.89. The van der Waals surface area contributed by atoms with Gasteiger partial charge < -0.3 is 15.5 Å². The van der Waals surface area contributed by atoms with Crippen LogP contribution in [0.15, 0.2) is 59.5 Å². The van der Waals surface area contributed by atoms with Gasteiger partial charge in [-0.2, -0.15) is 4.31 Å². The zero-order chi connectivity index (χ0) is 21.6. The van der Waals surface area contributed by atoms with Gasteiger partial charge in [-0.1, -0.05) is 30.3 Å². The van der Waals surface area contributed by atoms with Crippen LogP contribution >= 0.6 is 0 Å². The Morgan fingerprint density at radius 1 is 0.900 bits per heavy atom. The van der Waals surface area contributed by atoms with Gasteiger partial charge in [0, 0.05) is 32.7 Å². The number of rotatable bonds is 6. The topological polar surface area (TPSA) is 98.8 Å². The Kier molecular flexibility index (Phi) is 7.01. The molecule has 3 amide bonds. The van der Waals surface area contributed by atoms with Gasteiger partial charge in [0.15, 0.2) is 0 Å². The van der Waals surface area contributed by atoms with Crippen molar-refractivity contribution in [3.05, 3.63) is 66.0 Å². The molecule has 2 aromatic rings. The first-order valence-corrected chi connectivity index (χ1v) is 10.9. The minimum atomic E-state index is -3.58. The molecule has 0 aliphatic carbocycles. The van der Waals surface area contributed by atoms with Gasteiger partial charge in [0.05, 0.1) is 11.4 Å². The van der Waals surface area contributed by atoms with E-state index in [0.29, 0.717) is 0 Å². The van der Waals surface area contributed by atoms with Gasteiger partial charge in [-0.05, 0) is 29.8 Å². The number of nitrogens with zero attached hydrogens (tertiary/aromatic N) is 2. The van der Waals surface area contributed by atoms with Crippen LogP contribution in [0, 0.1) is 5.82 Å². The van der Waals surface area contributed by atoms with Crippen LogP contribution < -0.4 is 10.6 Å². The number of carbonyl (C=O) groups is 2. The number of hydrogen-bond donors (Lipinski definition) is 2. The van der Waals surface area contributed by atoms with Gasteiger partial charge >= 0.3 is 6.03 Å². The average Bonchev–Trinajstić information content (AvgIpc) is 2.77. The third-order valence-electron chi connectivity index (χ3n) is 4.74. The maximum absolute atomic E-state index is 12.9. The second-order valence-corrected chi connectivity index (χ2v) is 8.70. The van der Waals surface area contributed by atoms with Gasteiger partial charge in [0.25, 0.3) is 0 Å². The van der Waals surface area contributed by atoms with E-state index in [-0.39, 0.29) is 55.9 Å². The number of carbonyl (C=O) groups excluding carboxylic acids is 2. The molecule has 1 heterocycles.